The number of hydrogen-bond donors (Lipinski definition) is 2. The van der Waals surface area contributed by atoms with Crippen LogP contribution >= 0.6 is 0 Å². The van der Waals surface area contributed by atoms with Crippen molar-refractivity contribution in [1.82, 2.24) is 0 Å². The summed E-state index contributed by atoms with van der Waals surface area (Å²) in [5.74, 6) is 5.69. The molecule has 0 heterocycles. The molecular formula is C23H40O2. The monoisotopic (exact) mass is 348 g/mol. The highest BCUT2D eigenvalue weighted by Gasteiger charge is 2.59. The smallest absolute Gasteiger partial charge is 0.0622 e. The number of hydrogen-bond acceptors (Lipinski definition) is 2. The summed E-state index contributed by atoms with van der Waals surface area (Å²) in [5.41, 5.74) is 0.126. The van der Waals surface area contributed by atoms with Gasteiger partial charge in [-0.2, -0.15) is 0 Å². The van der Waals surface area contributed by atoms with Gasteiger partial charge in [0.25, 0.3) is 0 Å². The molecule has 0 amide bonds. The summed E-state index contributed by atoms with van der Waals surface area (Å²) in [4.78, 5) is 0. The molecule has 0 aromatic rings. The lowest BCUT2D eigenvalue weighted by molar-refractivity contribution is -0.109. The molecule has 2 N–H and O–H groups in total. The topological polar surface area (TPSA) is 40.5 Å². The van der Waals surface area contributed by atoms with Gasteiger partial charge in [0.05, 0.1) is 5.60 Å². The second kappa shape index (κ2) is 6.51. The highest BCUT2D eigenvalue weighted by atomic mass is 16.3. The van der Waals surface area contributed by atoms with Crippen molar-refractivity contribution in [2.45, 2.75) is 90.6 Å². The summed E-state index contributed by atoms with van der Waals surface area (Å²) in [6.45, 7) is 7.15. The lowest BCUT2D eigenvalue weighted by Gasteiger charge is -2.58. The van der Waals surface area contributed by atoms with Gasteiger partial charge < -0.3 is 10.2 Å². The van der Waals surface area contributed by atoms with Crippen molar-refractivity contribution < 1.29 is 10.2 Å². The molecule has 0 aromatic carbocycles. The fraction of sp³-hybridized carbons (Fsp3) is 1.00. The SMILES string of the molecule is CC[C@]12CC[C@H]3[C@@H](CC[C@@H]4C[C@](C)(O)CC[C@@H]43)[C@@H]1CC[C@@H]2C(C)CO. The van der Waals surface area contributed by atoms with Crippen LogP contribution in [0.5, 0.6) is 0 Å². The fourth-order valence-electron chi connectivity index (χ4n) is 8.61. The van der Waals surface area contributed by atoms with Gasteiger partial charge in [-0.25, -0.2) is 0 Å². The Morgan fingerprint density at radius 3 is 2.44 bits per heavy atom. The highest BCUT2D eigenvalue weighted by Crippen LogP contribution is 2.66. The van der Waals surface area contributed by atoms with Crippen molar-refractivity contribution in [2.24, 2.45) is 46.8 Å². The van der Waals surface area contributed by atoms with Gasteiger partial charge in [-0.15, -0.1) is 0 Å². The minimum Gasteiger partial charge on any atom is -0.396 e. The zero-order valence-corrected chi connectivity index (χ0v) is 16.7. The second-order valence-electron chi connectivity index (χ2n) is 10.6. The predicted octanol–water partition coefficient (Wildman–Crippen LogP) is 5.02. The standard InChI is InChI=1S/C23H40O2/c1-4-23-12-10-18-17-9-11-22(3,25)13-16(17)5-6-19(18)21(23)8-7-20(23)15(2)14-24/h15-21,24-25H,4-14H2,1-3H3/t15?,16-,17+,18-,19-,20-,21+,22-,23-/m1/s1. The molecule has 2 nitrogen and oxygen atoms in total. The number of rotatable bonds is 3. The average molecular weight is 349 g/mol. The first kappa shape index (κ1) is 18.3. The first-order valence-electron chi connectivity index (χ1n) is 11.2. The largest absolute Gasteiger partial charge is 0.396 e. The Bertz CT molecular complexity index is 486. The molecule has 4 aliphatic carbocycles. The Balaban J connectivity index is 1.56. The quantitative estimate of drug-likeness (QED) is 0.751. The lowest BCUT2D eigenvalue weighted by Crippen LogP contribution is -2.51. The van der Waals surface area contributed by atoms with Gasteiger partial charge in [0.15, 0.2) is 0 Å². The van der Waals surface area contributed by atoms with Crippen LogP contribution in [0.1, 0.15) is 85.0 Å². The van der Waals surface area contributed by atoms with Gasteiger partial charge in [0, 0.05) is 6.61 Å². The zero-order chi connectivity index (χ0) is 17.8. The van der Waals surface area contributed by atoms with E-state index in [2.05, 4.69) is 20.8 Å². The van der Waals surface area contributed by atoms with E-state index in [9.17, 15) is 10.2 Å². The van der Waals surface area contributed by atoms with Crippen molar-refractivity contribution in [2.75, 3.05) is 6.61 Å². The van der Waals surface area contributed by atoms with E-state index in [1.165, 1.54) is 51.4 Å². The molecule has 0 radical (unpaired) electrons. The van der Waals surface area contributed by atoms with Crippen molar-refractivity contribution in [3.63, 3.8) is 0 Å². The molecule has 0 bridgehead atoms. The summed E-state index contributed by atoms with van der Waals surface area (Å²) in [7, 11) is 0. The molecule has 0 saturated heterocycles. The van der Waals surface area contributed by atoms with E-state index in [4.69, 9.17) is 0 Å². The molecular weight excluding hydrogens is 308 g/mol. The third kappa shape index (κ3) is 2.81. The lowest BCUT2D eigenvalue weighted by atomic mass is 9.47. The normalized spacial score (nSPS) is 53.6. The van der Waals surface area contributed by atoms with Gasteiger partial charge in [-0.05, 0) is 118 Å². The maximum Gasteiger partial charge on any atom is 0.0622 e. The molecule has 0 aromatic heterocycles. The van der Waals surface area contributed by atoms with Crippen molar-refractivity contribution in [1.29, 1.82) is 0 Å². The third-order valence-electron chi connectivity index (χ3n) is 9.65. The van der Waals surface area contributed by atoms with E-state index < -0.39 is 5.60 Å². The summed E-state index contributed by atoms with van der Waals surface area (Å²) >= 11 is 0. The van der Waals surface area contributed by atoms with E-state index in [1.54, 1.807) is 0 Å². The van der Waals surface area contributed by atoms with Crippen molar-refractivity contribution >= 4 is 0 Å². The highest BCUT2D eigenvalue weighted by molar-refractivity contribution is 5.08. The number of fused-ring (bicyclic) bond motifs is 5. The zero-order valence-electron chi connectivity index (χ0n) is 16.7. The molecule has 4 rings (SSSR count). The number of aliphatic hydroxyl groups excluding tert-OH is 1. The molecule has 144 valence electrons. The third-order valence-corrected chi connectivity index (χ3v) is 9.65. The summed E-state index contributed by atoms with van der Waals surface area (Å²) < 4.78 is 0. The fourth-order valence-corrected chi connectivity index (χ4v) is 8.61. The molecule has 4 aliphatic rings. The van der Waals surface area contributed by atoms with E-state index >= 15 is 0 Å². The Kier molecular flexibility index (Phi) is 4.77. The first-order chi connectivity index (χ1) is 11.9. The summed E-state index contributed by atoms with van der Waals surface area (Å²) in [6, 6.07) is 0. The molecule has 0 aliphatic heterocycles. The molecule has 0 spiro atoms. The van der Waals surface area contributed by atoms with Crippen LogP contribution in [-0.2, 0) is 0 Å². The van der Waals surface area contributed by atoms with Gasteiger partial charge in [-0.3, -0.25) is 0 Å². The summed E-state index contributed by atoms with van der Waals surface area (Å²) in [6.07, 6.45) is 13.0. The Morgan fingerprint density at radius 2 is 1.72 bits per heavy atom. The van der Waals surface area contributed by atoms with Crippen LogP contribution < -0.4 is 0 Å². The van der Waals surface area contributed by atoms with Crippen LogP contribution in [0.15, 0.2) is 0 Å². The first-order valence-corrected chi connectivity index (χ1v) is 11.2. The van der Waals surface area contributed by atoms with E-state index in [-0.39, 0.29) is 0 Å². The molecule has 4 saturated carbocycles. The minimum absolute atomic E-state index is 0.368. The maximum atomic E-state index is 10.5. The van der Waals surface area contributed by atoms with Crippen LogP contribution in [-0.4, -0.2) is 22.4 Å². The van der Waals surface area contributed by atoms with Crippen LogP contribution in [0.4, 0.5) is 0 Å². The predicted molar refractivity (Wildman–Crippen MR) is 102 cm³/mol. The average Bonchev–Trinajstić information content (AvgIpc) is 2.99. The van der Waals surface area contributed by atoms with E-state index in [1.807, 2.05) is 0 Å². The van der Waals surface area contributed by atoms with E-state index in [0.29, 0.717) is 17.9 Å². The minimum atomic E-state index is -0.398. The van der Waals surface area contributed by atoms with Crippen LogP contribution in [0.2, 0.25) is 0 Å². The molecule has 1 unspecified atom stereocenters. The number of aliphatic hydroxyl groups is 2. The summed E-state index contributed by atoms with van der Waals surface area (Å²) in [5, 5.41) is 20.3. The van der Waals surface area contributed by atoms with Crippen molar-refractivity contribution in [3.05, 3.63) is 0 Å². The second-order valence-corrected chi connectivity index (χ2v) is 10.6. The van der Waals surface area contributed by atoms with Gasteiger partial charge in [-0.1, -0.05) is 13.8 Å². The van der Waals surface area contributed by atoms with E-state index in [0.717, 1.165) is 48.3 Å². The van der Waals surface area contributed by atoms with Gasteiger partial charge in [0.1, 0.15) is 0 Å². The Morgan fingerprint density at radius 1 is 0.960 bits per heavy atom. The molecule has 4 fully saturated rings. The molecule has 25 heavy (non-hydrogen) atoms. The molecule has 2 heteroatoms. The Labute approximate surface area is 154 Å². The van der Waals surface area contributed by atoms with Crippen molar-refractivity contribution in [3.8, 4) is 0 Å². The van der Waals surface area contributed by atoms with Gasteiger partial charge >= 0.3 is 0 Å². The van der Waals surface area contributed by atoms with Crippen LogP contribution in [0.25, 0.3) is 0 Å². The molecule has 9 atom stereocenters. The Hall–Kier alpha value is -0.0800. The van der Waals surface area contributed by atoms with Gasteiger partial charge in [0.2, 0.25) is 0 Å². The maximum absolute atomic E-state index is 10.5. The van der Waals surface area contributed by atoms with Crippen LogP contribution in [0.3, 0.4) is 0 Å². The van der Waals surface area contributed by atoms with Crippen LogP contribution in [0, 0.1) is 46.8 Å².